The molecule has 15 heavy (non-hydrogen) atoms. The number of amides is 1. The van der Waals surface area contributed by atoms with E-state index in [1.807, 2.05) is 0 Å². The van der Waals surface area contributed by atoms with Crippen LogP contribution in [0.1, 0.15) is 12.5 Å². The largest absolute Gasteiger partial charge is 0.325 e. The van der Waals surface area contributed by atoms with Crippen LogP contribution in [0.3, 0.4) is 0 Å². The number of benzene rings is 1. The Balaban J connectivity index is 2.80. The Hall–Kier alpha value is -1.09. The molecule has 0 heterocycles. The van der Waals surface area contributed by atoms with E-state index in [2.05, 4.69) is 5.32 Å². The Morgan fingerprint density at radius 2 is 2.27 bits per heavy atom. The highest BCUT2D eigenvalue weighted by Gasteiger charge is 2.12. The zero-order valence-electron chi connectivity index (χ0n) is 8.68. The SMILES string of the molecule is Cc1ccc(F)cc1NC(=O)C(C)CCl. The first-order valence-corrected chi connectivity index (χ1v) is 5.21. The van der Waals surface area contributed by atoms with Gasteiger partial charge in [0, 0.05) is 17.5 Å². The van der Waals surface area contributed by atoms with Crippen LogP contribution in [0.5, 0.6) is 0 Å². The molecule has 1 aromatic carbocycles. The number of alkyl halides is 1. The molecule has 0 spiro atoms. The second kappa shape index (κ2) is 5.12. The summed E-state index contributed by atoms with van der Waals surface area (Å²) in [4.78, 5) is 11.5. The fraction of sp³-hybridized carbons (Fsp3) is 0.364. The van der Waals surface area contributed by atoms with E-state index in [0.29, 0.717) is 5.69 Å². The monoisotopic (exact) mass is 229 g/mol. The molecular formula is C11H13ClFNO. The molecule has 0 aliphatic heterocycles. The molecular weight excluding hydrogens is 217 g/mol. The van der Waals surface area contributed by atoms with Crippen molar-refractivity contribution in [3.05, 3.63) is 29.6 Å². The lowest BCUT2D eigenvalue weighted by Crippen LogP contribution is -2.21. The van der Waals surface area contributed by atoms with Crippen molar-refractivity contribution in [2.75, 3.05) is 11.2 Å². The predicted octanol–water partition coefficient (Wildman–Crippen LogP) is 2.95. The number of nitrogens with one attached hydrogen (secondary N) is 1. The summed E-state index contributed by atoms with van der Waals surface area (Å²) in [6, 6.07) is 4.28. The fourth-order valence-corrected chi connectivity index (χ4v) is 1.20. The third-order valence-corrected chi connectivity index (χ3v) is 2.60. The number of rotatable bonds is 3. The molecule has 0 aliphatic rings. The van der Waals surface area contributed by atoms with Crippen molar-refractivity contribution in [2.45, 2.75) is 13.8 Å². The van der Waals surface area contributed by atoms with E-state index in [1.54, 1.807) is 19.9 Å². The molecule has 2 nitrogen and oxygen atoms in total. The highest BCUT2D eigenvalue weighted by atomic mass is 35.5. The lowest BCUT2D eigenvalue weighted by Gasteiger charge is -2.11. The highest BCUT2D eigenvalue weighted by molar-refractivity contribution is 6.19. The van der Waals surface area contributed by atoms with Crippen LogP contribution < -0.4 is 5.32 Å². The molecule has 82 valence electrons. The standard InChI is InChI=1S/C11H13ClFNO/c1-7-3-4-9(13)5-10(7)14-11(15)8(2)6-12/h3-5,8H,6H2,1-2H3,(H,14,15). The molecule has 0 fully saturated rings. The van der Waals surface area contributed by atoms with E-state index >= 15 is 0 Å². The van der Waals surface area contributed by atoms with Crippen molar-refractivity contribution in [3.8, 4) is 0 Å². The van der Waals surface area contributed by atoms with E-state index in [1.165, 1.54) is 12.1 Å². The number of halogens is 2. The number of hydrogen-bond donors (Lipinski definition) is 1. The van der Waals surface area contributed by atoms with E-state index in [4.69, 9.17) is 11.6 Å². The van der Waals surface area contributed by atoms with Gasteiger partial charge in [-0.2, -0.15) is 0 Å². The first kappa shape index (κ1) is 12.0. The van der Waals surface area contributed by atoms with Crippen molar-refractivity contribution in [1.82, 2.24) is 0 Å². The molecule has 1 N–H and O–H groups in total. The van der Waals surface area contributed by atoms with Gasteiger partial charge in [-0.3, -0.25) is 4.79 Å². The Morgan fingerprint density at radius 1 is 1.60 bits per heavy atom. The zero-order valence-corrected chi connectivity index (χ0v) is 9.44. The zero-order chi connectivity index (χ0) is 11.4. The van der Waals surface area contributed by atoms with Crippen LogP contribution in [0, 0.1) is 18.7 Å². The number of carbonyl (C=O) groups is 1. The van der Waals surface area contributed by atoms with Crippen LogP contribution in [0.4, 0.5) is 10.1 Å². The van der Waals surface area contributed by atoms with Gasteiger partial charge in [0.05, 0.1) is 0 Å². The van der Waals surface area contributed by atoms with Crippen molar-refractivity contribution in [1.29, 1.82) is 0 Å². The normalized spacial score (nSPS) is 12.3. The summed E-state index contributed by atoms with van der Waals surface area (Å²) in [6.45, 7) is 3.53. The van der Waals surface area contributed by atoms with Crippen molar-refractivity contribution in [3.63, 3.8) is 0 Å². The van der Waals surface area contributed by atoms with E-state index in [0.717, 1.165) is 5.56 Å². The number of hydrogen-bond acceptors (Lipinski definition) is 1. The molecule has 0 aliphatic carbocycles. The first-order chi connectivity index (χ1) is 7.04. The smallest absolute Gasteiger partial charge is 0.228 e. The van der Waals surface area contributed by atoms with Gasteiger partial charge in [-0.25, -0.2) is 4.39 Å². The maximum Gasteiger partial charge on any atom is 0.228 e. The quantitative estimate of drug-likeness (QED) is 0.794. The molecule has 0 radical (unpaired) electrons. The average Bonchev–Trinajstić information content (AvgIpc) is 2.22. The third kappa shape index (κ3) is 3.20. The van der Waals surface area contributed by atoms with E-state index in [9.17, 15) is 9.18 Å². The van der Waals surface area contributed by atoms with E-state index < -0.39 is 0 Å². The van der Waals surface area contributed by atoms with Gasteiger partial charge in [0.1, 0.15) is 5.82 Å². The van der Waals surface area contributed by atoms with Crippen molar-refractivity contribution in [2.24, 2.45) is 5.92 Å². The second-order valence-corrected chi connectivity index (χ2v) is 3.81. The summed E-state index contributed by atoms with van der Waals surface area (Å²) in [5.74, 6) is -0.595. The van der Waals surface area contributed by atoms with Gasteiger partial charge in [-0.1, -0.05) is 13.0 Å². The minimum Gasteiger partial charge on any atom is -0.325 e. The van der Waals surface area contributed by atoms with Crippen molar-refractivity contribution >= 4 is 23.2 Å². The molecule has 0 bridgehead atoms. The summed E-state index contributed by atoms with van der Waals surface area (Å²) in [7, 11) is 0. The second-order valence-electron chi connectivity index (χ2n) is 3.50. The minimum atomic E-state index is -0.366. The lowest BCUT2D eigenvalue weighted by atomic mass is 10.1. The average molecular weight is 230 g/mol. The van der Waals surface area contributed by atoms with Crippen LogP contribution >= 0.6 is 11.6 Å². The predicted molar refractivity (Wildman–Crippen MR) is 59.7 cm³/mol. The third-order valence-electron chi connectivity index (χ3n) is 2.14. The topological polar surface area (TPSA) is 29.1 Å². The van der Waals surface area contributed by atoms with Crippen LogP contribution in [0.15, 0.2) is 18.2 Å². The molecule has 1 amide bonds. The van der Waals surface area contributed by atoms with Gasteiger partial charge < -0.3 is 5.32 Å². The molecule has 1 atom stereocenters. The van der Waals surface area contributed by atoms with E-state index in [-0.39, 0.29) is 23.5 Å². The summed E-state index contributed by atoms with van der Waals surface area (Å²) in [5, 5.41) is 2.64. The molecule has 0 saturated heterocycles. The number of aryl methyl sites for hydroxylation is 1. The van der Waals surface area contributed by atoms with Crippen LogP contribution in [-0.4, -0.2) is 11.8 Å². The van der Waals surface area contributed by atoms with Gasteiger partial charge in [0.15, 0.2) is 0 Å². The minimum absolute atomic E-state index is 0.196. The fourth-order valence-electron chi connectivity index (χ4n) is 1.05. The number of anilines is 1. The van der Waals surface area contributed by atoms with Gasteiger partial charge >= 0.3 is 0 Å². The van der Waals surface area contributed by atoms with Crippen LogP contribution in [-0.2, 0) is 4.79 Å². The summed E-state index contributed by atoms with van der Waals surface area (Å²) < 4.78 is 12.9. The molecule has 4 heteroatoms. The van der Waals surface area contributed by atoms with Gasteiger partial charge in [0.2, 0.25) is 5.91 Å². The molecule has 1 rings (SSSR count). The Bertz CT molecular complexity index is 368. The molecule has 1 aromatic rings. The number of carbonyl (C=O) groups excluding carboxylic acids is 1. The van der Waals surface area contributed by atoms with Crippen LogP contribution in [0.2, 0.25) is 0 Å². The Labute approximate surface area is 93.4 Å². The summed E-state index contributed by atoms with van der Waals surface area (Å²) in [6.07, 6.45) is 0. The van der Waals surface area contributed by atoms with Gasteiger partial charge in [0.25, 0.3) is 0 Å². The molecule has 0 saturated carbocycles. The first-order valence-electron chi connectivity index (χ1n) is 4.67. The molecule has 1 unspecified atom stereocenters. The maximum absolute atomic E-state index is 12.9. The Morgan fingerprint density at radius 3 is 2.87 bits per heavy atom. The van der Waals surface area contributed by atoms with Crippen LogP contribution in [0.25, 0.3) is 0 Å². The lowest BCUT2D eigenvalue weighted by molar-refractivity contribution is -0.118. The molecule has 0 aromatic heterocycles. The van der Waals surface area contributed by atoms with Gasteiger partial charge in [-0.15, -0.1) is 11.6 Å². The van der Waals surface area contributed by atoms with Crippen molar-refractivity contribution < 1.29 is 9.18 Å². The maximum atomic E-state index is 12.9. The highest BCUT2D eigenvalue weighted by Crippen LogP contribution is 2.17. The summed E-state index contributed by atoms with van der Waals surface area (Å²) >= 11 is 5.55. The van der Waals surface area contributed by atoms with Gasteiger partial charge in [-0.05, 0) is 24.6 Å². The Kier molecular flexibility index (Phi) is 4.09. The summed E-state index contributed by atoms with van der Waals surface area (Å²) in [5.41, 5.74) is 1.32.